The zero-order valence-electron chi connectivity index (χ0n) is 10.8. The fraction of sp³-hybridized carbons (Fsp3) is 0.429. The van der Waals surface area contributed by atoms with Gasteiger partial charge in [-0.25, -0.2) is 0 Å². The molecule has 0 fully saturated rings. The number of hydrogen-bond acceptors (Lipinski definition) is 4. The van der Waals surface area contributed by atoms with Crippen LogP contribution in [0.15, 0.2) is 18.2 Å². The van der Waals surface area contributed by atoms with E-state index in [1.54, 1.807) is 18.9 Å². The fourth-order valence-electron chi connectivity index (χ4n) is 1.37. The summed E-state index contributed by atoms with van der Waals surface area (Å²) < 4.78 is 5.22. The van der Waals surface area contributed by atoms with Gasteiger partial charge in [0, 0.05) is 16.6 Å². The predicted octanol–water partition coefficient (Wildman–Crippen LogP) is 1.62. The Balaban J connectivity index is 2.89. The van der Waals surface area contributed by atoms with E-state index in [0.29, 0.717) is 6.54 Å². The van der Waals surface area contributed by atoms with Gasteiger partial charge >= 0.3 is 0 Å². The zero-order valence-corrected chi connectivity index (χ0v) is 11.6. The summed E-state index contributed by atoms with van der Waals surface area (Å²) >= 11 is 1.69. The molecule has 1 atom stereocenters. The number of benzene rings is 1. The Morgan fingerprint density at radius 3 is 2.89 bits per heavy atom. The summed E-state index contributed by atoms with van der Waals surface area (Å²) in [5.74, 6) is 7.54. The monoisotopic (exact) mass is 265 g/mol. The summed E-state index contributed by atoms with van der Waals surface area (Å²) in [7, 11) is 1.65. The topological polar surface area (TPSA) is 55.5 Å². The SMILES string of the molecule is COc1ccc(C#CCN)c(CSC(C)CO)c1. The van der Waals surface area contributed by atoms with Gasteiger partial charge in [-0.15, -0.1) is 0 Å². The molecule has 3 N–H and O–H groups in total. The highest BCUT2D eigenvalue weighted by Crippen LogP contribution is 2.23. The fourth-order valence-corrected chi connectivity index (χ4v) is 2.18. The standard InChI is InChI=1S/C14H19NO2S/c1-11(9-16)18-10-13-8-14(17-2)6-5-12(13)4-3-7-15/h5-6,8,11,16H,7,9-10,15H2,1-2H3. The van der Waals surface area contributed by atoms with E-state index in [1.165, 1.54) is 0 Å². The third-order valence-corrected chi connectivity index (χ3v) is 3.61. The van der Waals surface area contributed by atoms with Crippen molar-refractivity contribution < 1.29 is 9.84 Å². The Labute approximate surface area is 113 Å². The van der Waals surface area contributed by atoms with E-state index in [0.717, 1.165) is 22.6 Å². The van der Waals surface area contributed by atoms with Crippen LogP contribution in [-0.4, -0.2) is 30.6 Å². The van der Waals surface area contributed by atoms with Gasteiger partial charge in [-0.2, -0.15) is 11.8 Å². The van der Waals surface area contributed by atoms with Crippen LogP contribution >= 0.6 is 11.8 Å². The molecule has 1 aromatic carbocycles. The quantitative estimate of drug-likeness (QED) is 0.794. The minimum Gasteiger partial charge on any atom is -0.497 e. The zero-order chi connectivity index (χ0) is 13.4. The maximum Gasteiger partial charge on any atom is 0.119 e. The Kier molecular flexibility index (Phi) is 6.66. The highest BCUT2D eigenvalue weighted by Gasteiger charge is 2.06. The van der Waals surface area contributed by atoms with Crippen LogP contribution in [0.2, 0.25) is 0 Å². The molecule has 3 nitrogen and oxygen atoms in total. The first-order valence-electron chi connectivity index (χ1n) is 5.79. The summed E-state index contributed by atoms with van der Waals surface area (Å²) in [6, 6.07) is 5.82. The summed E-state index contributed by atoms with van der Waals surface area (Å²) in [6.07, 6.45) is 0. The lowest BCUT2D eigenvalue weighted by Crippen LogP contribution is -2.03. The number of thioether (sulfide) groups is 1. The molecule has 0 aliphatic carbocycles. The molecule has 0 bridgehead atoms. The molecule has 1 aromatic rings. The van der Waals surface area contributed by atoms with E-state index < -0.39 is 0 Å². The largest absolute Gasteiger partial charge is 0.497 e. The van der Waals surface area contributed by atoms with Gasteiger partial charge in [0.1, 0.15) is 5.75 Å². The van der Waals surface area contributed by atoms with Crippen LogP contribution in [0.25, 0.3) is 0 Å². The van der Waals surface area contributed by atoms with Gasteiger partial charge in [-0.05, 0) is 23.8 Å². The van der Waals surface area contributed by atoms with E-state index in [-0.39, 0.29) is 11.9 Å². The van der Waals surface area contributed by atoms with E-state index >= 15 is 0 Å². The number of aliphatic hydroxyl groups excluding tert-OH is 1. The van der Waals surface area contributed by atoms with Crippen molar-refractivity contribution in [1.29, 1.82) is 0 Å². The Hall–Kier alpha value is -1.15. The van der Waals surface area contributed by atoms with Crippen LogP contribution in [0.1, 0.15) is 18.1 Å². The van der Waals surface area contributed by atoms with Crippen LogP contribution in [0, 0.1) is 11.8 Å². The maximum atomic E-state index is 9.03. The number of hydrogen-bond donors (Lipinski definition) is 2. The molecule has 98 valence electrons. The van der Waals surface area contributed by atoms with Gasteiger partial charge in [0.15, 0.2) is 0 Å². The van der Waals surface area contributed by atoms with E-state index in [4.69, 9.17) is 15.6 Å². The van der Waals surface area contributed by atoms with Gasteiger partial charge in [-0.3, -0.25) is 0 Å². The lowest BCUT2D eigenvalue weighted by molar-refractivity contribution is 0.300. The van der Waals surface area contributed by atoms with Gasteiger partial charge in [-0.1, -0.05) is 18.8 Å². The van der Waals surface area contributed by atoms with E-state index in [1.807, 2.05) is 25.1 Å². The molecule has 0 radical (unpaired) electrons. The Bertz CT molecular complexity index is 437. The maximum absolute atomic E-state index is 9.03. The van der Waals surface area contributed by atoms with Crippen molar-refractivity contribution in [2.45, 2.75) is 17.9 Å². The Morgan fingerprint density at radius 2 is 2.28 bits per heavy atom. The summed E-state index contributed by atoms with van der Waals surface area (Å²) in [5, 5.41) is 9.25. The molecule has 1 rings (SSSR count). The molecular weight excluding hydrogens is 246 g/mol. The minimum absolute atomic E-state index is 0.179. The van der Waals surface area contributed by atoms with E-state index in [2.05, 4.69) is 11.8 Å². The molecule has 0 amide bonds. The number of nitrogens with two attached hydrogens (primary N) is 1. The first-order chi connectivity index (χ1) is 8.71. The minimum atomic E-state index is 0.179. The van der Waals surface area contributed by atoms with Crippen LogP contribution in [0.3, 0.4) is 0 Å². The van der Waals surface area contributed by atoms with Crippen molar-refractivity contribution in [3.63, 3.8) is 0 Å². The second-order valence-corrected chi connectivity index (χ2v) is 5.26. The summed E-state index contributed by atoms with van der Waals surface area (Å²) in [4.78, 5) is 0. The Morgan fingerprint density at radius 1 is 1.50 bits per heavy atom. The first kappa shape index (κ1) is 14.9. The molecule has 0 saturated carbocycles. The number of rotatable bonds is 5. The predicted molar refractivity (Wildman–Crippen MR) is 76.8 cm³/mol. The van der Waals surface area contributed by atoms with Crippen molar-refractivity contribution in [3.8, 4) is 17.6 Å². The van der Waals surface area contributed by atoms with Gasteiger partial charge < -0.3 is 15.6 Å². The molecular formula is C14H19NO2S. The molecule has 1 unspecified atom stereocenters. The molecule has 18 heavy (non-hydrogen) atoms. The van der Waals surface area contributed by atoms with Gasteiger partial charge in [0.05, 0.1) is 20.3 Å². The van der Waals surface area contributed by atoms with Crippen LogP contribution in [-0.2, 0) is 5.75 Å². The molecule has 0 spiro atoms. The van der Waals surface area contributed by atoms with E-state index in [9.17, 15) is 0 Å². The van der Waals surface area contributed by atoms with Crippen LogP contribution < -0.4 is 10.5 Å². The van der Waals surface area contributed by atoms with Crippen LogP contribution in [0.4, 0.5) is 0 Å². The van der Waals surface area contributed by atoms with Crippen molar-refractivity contribution in [3.05, 3.63) is 29.3 Å². The van der Waals surface area contributed by atoms with Crippen molar-refractivity contribution >= 4 is 11.8 Å². The van der Waals surface area contributed by atoms with Crippen molar-refractivity contribution in [2.75, 3.05) is 20.3 Å². The summed E-state index contributed by atoms with van der Waals surface area (Å²) in [6.45, 7) is 2.53. The molecule has 0 aromatic heterocycles. The smallest absolute Gasteiger partial charge is 0.119 e. The third kappa shape index (κ3) is 4.61. The van der Waals surface area contributed by atoms with Crippen molar-refractivity contribution in [2.24, 2.45) is 5.73 Å². The number of aliphatic hydroxyl groups is 1. The molecule has 0 saturated heterocycles. The molecule has 0 heterocycles. The third-order valence-electron chi connectivity index (χ3n) is 2.42. The molecule has 4 heteroatoms. The van der Waals surface area contributed by atoms with Crippen molar-refractivity contribution in [1.82, 2.24) is 0 Å². The second-order valence-electron chi connectivity index (χ2n) is 3.83. The highest BCUT2D eigenvalue weighted by atomic mass is 32.2. The number of ether oxygens (including phenoxy) is 1. The average Bonchev–Trinajstić information content (AvgIpc) is 2.42. The van der Waals surface area contributed by atoms with Crippen LogP contribution in [0.5, 0.6) is 5.75 Å². The highest BCUT2D eigenvalue weighted by molar-refractivity contribution is 7.99. The molecule has 0 aliphatic heterocycles. The summed E-state index contributed by atoms with van der Waals surface area (Å²) in [5.41, 5.74) is 7.47. The van der Waals surface area contributed by atoms with Gasteiger partial charge in [0.2, 0.25) is 0 Å². The normalized spacial score (nSPS) is 11.6. The first-order valence-corrected chi connectivity index (χ1v) is 6.84. The van der Waals surface area contributed by atoms with Gasteiger partial charge in [0.25, 0.3) is 0 Å². The number of methoxy groups -OCH3 is 1. The molecule has 0 aliphatic rings. The lowest BCUT2D eigenvalue weighted by Gasteiger charge is -2.10. The second kappa shape index (κ2) is 8.04. The lowest BCUT2D eigenvalue weighted by atomic mass is 10.1. The average molecular weight is 265 g/mol.